The summed E-state index contributed by atoms with van der Waals surface area (Å²) < 4.78 is 0. The number of hydrogen-bond acceptors (Lipinski definition) is 3. The number of carbonyl (C=O) groups excluding carboxylic acids is 1. The van der Waals surface area contributed by atoms with Crippen LogP contribution >= 0.6 is 34.8 Å². The molecule has 2 heterocycles. The molecule has 1 N–H and O–H groups in total. The molecule has 1 amide bonds. The Labute approximate surface area is 124 Å². The fourth-order valence-electron chi connectivity index (χ4n) is 1.48. The van der Waals surface area contributed by atoms with Crippen molar-refractivity contribution in [2.24, 2.45) is 0 Å². The summed E-state index contributed by atoms with van der Waals surface area (Å²) >= 11 is 17.4. The molecule has 0 spiro atoms. The molecule has 0 aliphatic heterocycles. The Morgan fingerprint density at radius 1 is 1.21 bits per heavy atom. The van der Waals surface area contributed by atoms with Crippen LogP contribution in [-0.4, -0.2) is 15.9 Å². The van der Waals surface area contributed by atoms with Gasteiger partial charge in [-0.25, -0.2) is 9.97 Å². The second-order valence-corrected chi connectivity index (χ2v) is 4.88. The summed E-state index contributed by atoms with van der Waals surface area (Å²) in [7, 11) is 0. The Hall–Kier alpha value is -1.36. The minimum atomic E-state index is -0.349. The molecule has 0 radical (unpaired) electrons. The van der Waals surface area contributed by atoms with E-state index in [9.17, 15) is 4.79 Å². The van der Waals surface area contributed by atoms with Crippen molar-refractivity contribution >= 4 is 46.4 Å². The Morgan fingerprint density at radius 3 is 2.58 bits per heavy atom. The highest BCUT2D eigenvalue weighted by Crippen LogP contribution is 2.27. The van der Waals surface area contributed by atoms with Crippen molar-refractivity contribution in [3.63, 3.8) is 0 Å². The molecule has 2 aromatic heterocycles. The molecule has 0 atom stereocenters. The van der Waals surface area contributed by atoms with Gasteiger partial charge in [-0.3, -0.25) is 4.79 Å². The summed E-state index contributed by atoms with van der Waals surface area (Å²) in [5.74, 6) is -0.349. The molecular weight excluding hydrogens is 309 g/mol. The third-order valence-corrected chi connectivity index (χ3v) is 3.04. The first-order valence-electron chi connectivity index (χ1n) is 5.23. The monoisotopic (exact) mass is 315 g/mol. The van der Waals surface area contributed by atoms with Crippen LogP contribution in [0.15, 0.2) is 24.4 Å². The summed E-state index contributed by atoms with van der Waals surface area (Å²) in [4.78, 5) is 19.7. The molecule has 0 bridgehead atoms. The number of anilines is 1. The lowest BCUT2D eigenvalue weighted by molar-refractivity contribution is 0.102. The molecule has 0 fully saturated rings. The second-order valence-electron chi connectivity index (χ2n) is 3.75. The molecule has 0 saturated heterocycles. The third-order valence-electron chi connectivity index (χ3n) is 2.37. The van der Waals surface area contributed by atoms with Gasteiger partial charge in [0.05, 0.1) is 5.69 Å². The highest BCUT2D eigenvalue weighted by Gasteiger charge is 2.13. The lowest BCUT2D eigenvalue weighted by Gasteiger charge is -2.10. The van der Waals surface area contributed by atoms with E-state index < -0.39 is 0 Å². The summed E-state index contributed by atoms with van der Waals surface area (Å²) in [5.41, 5.74) is 1.52. The number of hydrogen-bond donors (Lipinski definition) is 1. The predicted octanol–water partition coefficient (Wildman–Crippen LogP) is 4.00. The average Bonchev–Trinajstić information content (AvgIpc) is 2.33. The maximum atomic E-state index is 12.0. The van der Waals surface area contributed by atoms with Crippen molar-refractivity contribution in [3.05, 3.63) is 51.0 Å². The maximum absolute atomic E-state index is 12.0. The molecule has 0 saturated carbocycles. The van der Waals surface area contributed by atoms with Gasteiger partial charge in [0.15, 0.2) is 5.15 Å². The number of halogens is 3. The summed E-state index contributed by atoms with van der Waals surface area (Å²) in [6.45, 7) is 1.77. The maximum Gasteiger partial charge on any atom is 0.255 e. The first-order chi connectivity index (χ1) is 8.97. The van der Waals surface area contributed by atoms with E-state index >= 15 is 0 Å². The fourth-order valence-corrected chi connectivity index (χ4v) is 2.23. The van der Waals surface area contributed by atoms with E-state index in [1.54, 1.807) is 19.1 Å². The Kier molecular flexibility index (Phi) is 4.24. The van der Waals surface area contributed by atoms with Crippen molar-refractivity contribution in [2.75, 3.05) is 5.32 Å². The van der Waals surface area contributed by atoms with Gasteiger partial charge >= 0.3 is 0 Å². The van der Waals surface area contributed by atoms with E-state index in [-0.39, 0.29) is 21.4 Å². The highest BCUT2D eigenvalue weighted by atomic mass is 35.5. The van der Waals surface area contributed by atoms with Crippen molar-refractivity contribution in [2.45, 2.75) is 6.92 Å². The Balaban J connectivity index is 2.29. The van der Waals surface area contributed by atoms with Gasteiger partial charge in [0, 0.05) is 11.8 Å². The number of aromatic nitrogens is 2. The minimum Gasteiger partial charge on any atom is -0.319 e. The van der Waals surface area contributed by atoms with Crippen LogP contribution in [0.5, 0.6) is 0 Å². The van der Waals surface area contributed by atoms with Gasteiger partial charge in [0.2, 0.25) is 0 Å². The van der Waals surface area contributed by atoms with E-state index in [1.165, 1.54) is 12.3 Å². The largest absolute Gasteiger partial charge is 0.319 e. The van der Waals surface area contributed by atoms with Crippen LogP contribution in [0.2, 0.25) is 15.5 Å². The smallest absolute Gasteiger partial charge is 0.255 e. The standard InChI is InChI=1S/C12H8Cl3N3O/c1-6-4-9(14)17-11(15)10(6)18-12(19)7-2-3-16-8(13)5-7/h2-5H,1H3,(H,18,19). The van der Waals surface area contributed by atoms with Gasteiger partial charge in [-0.15, -0.1) is 0 Å². The van der Waals surface area contributed by atoms with Gasteiger partial charge in [-0.2, -0.15) is 0 Å². The quantitative estimate of drug-likeness (QED) is 0.852. The van der Waals surface area contributed by atoms with Crippen LogP contribution in [0, 0.1) is 6.92 Å². The van der Waals surface area contributed by atoms with Gasteiger partial charge < -0.3 is 5.32 Å². The number of pyridine rings is 2. The summed E-state index contributed by atoms with van der Waals surface area (Å²) in [5, 5.41) is 3.32. The van der Waals surface area contributed by atoms with Crippen LogP contribution in [0.25, 0.3) is 0 Å². The summed E-state index contributed by atoms with van der Waals surface area (Å²) in [6.07, 6.45) is 1.45. The molecular formula is C12H8Cl3N3O. The molecule has 7 heteroatoms. The summed E-state index contributed by atoms with van der Waals surface area (Å²) in [6, 6.07) is 4.62. The highest BCUT2D eigenvalue weighted by molar-refractivity contribution is 6.35. The van der Waals surface area contributed by atoms with Crippen molar-refractivity contribution in [1.82, 2.24) is 9.97 Å². The molecule has 98 valence electrons. The van der Waals surface area contributed by atoms with E-state index in [0.29, 0.717) is 11.3 Å². The lowest BCUT2D eigenvalue weighted by Crippen LogP contribution is -2.13. The van der Waals surface area contributed by atoms with Crippen LogP contribution < -0.4 is 5.32 Å². The van der Waals surface area contributed by atoms with Crippen LogP contribution in [0.3, 0.4) is 0 Å². The molecule has 4 nitrogen and oxygen atoms in total. The van der Waals surface area contributed by atoms with Gasteiger partial charge in [0.25, 0.3) is 5.91 Å². The van der Waals surface area contributed by atoms with Crippen molar-refractivity contribution in [1.29, 1.82) is 0 Å². The Bertz CT molecular complexity index is 623. The zero-order valence-electron chi connectivity index (χ0n) is 9.75. The first kappa shape index (κ1) is 14.1. The third kappa shape index (κ3) is 3.35. The molecule has 2 rings (SSSR count). The van der Waals surface area contributed by atoms with E-state index in [1.807, 2.05) is 0 Å². The molecule has 19 heavy (non-hydrogen) atoms. The zero-order chi connectivity index (χ0) is 14.0. The number of amides is 1. The number of nitrogens with one attached hydrogen (secondary N) is 1. The Morgan fingerprint density at radius 2 is 1.95 bits per heavy atom. The lowest BCUT2D eigenvalue weighted by atomic mass is 10.2. The normalized spacial score (nSPS) is 10.3. The van der Waals surface area contributed by atoms with Crippen LogP contribution in [0.4, 0.5) is 5.69 Å². The van der Waals surface area contributed by atoms with E-state index in [0.717, 1.165) is 5.56 Å². The number of aryl methyl sites for hydroxylation is 1. The van der Waals surface area contributed by atoms with Gasteiger partial charge in [-0.05, 0) is 30.7 Å². The number of rotatable bonds is 2. The van der Waals surface area contributed by atoms with Gasteiger partial charge in [-0.1, -0.05) is 34.8 Å². The predicted molar refractivity (Wildman–Crippen MR) is 76.2 cm³/mol. The van der Waals surface area contributed by atoms with Crippen molar-refractivity contribution < 1.29 is 4.79 Å². The molecule has 0 unspecified atom stereocenters. The van der Waals surface area contributed by atoms with E-state index in [2.05, 4.69) is 15.3 Å². The SMILES string of the molecule is Cc1cc(Cl)nc(Cl)c1NC(=O)c1ccnc(Cl)c1. The second kappa shape index (κ2) is 5.74. The number of nitrogens with zero attached hydrogens (tertiary/aromatic N) is 2. The van der Waals surface area contributed by atoms with E-state index in [4.69, 9.17) is 34.8 Å². The fraction of sp³-hybridized carbons (Fsp3) is 0.0833. The topological polar surface area (TPSA) is 54.9 Å². The van der Waals surface area contributed by atoms with Gasteiger partial charge in [0.1, 0.15) is 10.3 Å². The number of carbonyl (C=O) groups is 1. The zero-order valence-corrected chi connectivity index (χ0v) is 12.0. The molecule has 0 aromatic carbocycles. The van der Waals surface area contributed by atoms with Crippen LogP contribution in [-0.2, 0) is 0 Å². The minimum absolute atomic E-state index is 0.138. The first-order valence-corrected chi connectivity index (χ1v) is 6.36. The molecule has 2 aromatic rings. The van der Waals surface area contributed by atoms with Crippen LogP contribution in [0.1, 0.15) is 15.9 Å². The molecule has 0 aliphatic rings. The van der Waals surface area contributed by atoms with Crippen molar-refractivity contribution in [3.8, 4) is 0 Å². The molecule has 0 aliphatic carbocycles. The average molecular weight is 317 g/mol.